The lowest BCUT2D eigenvalue weighted by atomic mass is 10.1. The van der Waals surface area contributed by atoms with Gasteiger partial charge in [0.05, 0.1) is 5.75 Å². The van der Waals surface area contributed by atoms with Gasteiger partial charge in [0.25, 0.3) is 0 Å². The van der Waals surface area contributed by atoms with E-state index < -0.39 is 10.0 Å². The van der Waals surface area contributed by atoms with E-state index in [0.717, 1.165) is 30.8 Å². The highest BCUT2D eigenvalue weighted by molar-refractivity contribution is 7.89. The summed E-state index contributed by atoms with van der Waals surface area (Å²) in [6.45, 7) is 7.34. The van der Waals surface area contributed by atoms with Gasteiger partial charge in [-0.25, -0.2) is 13.1 Å². The molecule has 0 saturated heterocycles. The average molecular weight is 319 g/mol. The van der Waals surface area contributed by atoms with Gasteiger partial charge in [0, 0.05) is 19.0 Å². The number of halogens is 1. The molecule has 0 atom stereocenters. The van der Waals surface area contributed by atoms with E-state index in [-0.39, 0.29) is 11.6 Å². The zero-order valence-electron chi connectivity index (χ0n) is 12.1. The van der Waals surface area contributed by atoms with Crippen molar-refractivity contribution in [2.45, 2.75) is 26.9 Å². The Morgan fingerprint density at radius 2 is 1.75 bits per heavy atom. The normalized spacial score (nSPS) is 12.0. The van der Waals surface area contributed by atoms with Crippen molar-refractivity contribution >= 4 is 21.6 Å². The fourth-order valence-electron chi connectivity index (χ4n) is 1.93. The Bertz CT molecular complexity index is 502. The highest BCUT2D eigenvalue weighted by Gasteiger charge is 2.11. The quantitative estimate of drug-likeness (QED) is 0.710. The third-order valence-corrected chi connectivity index (χ3v) is 4.97. The smallest absolute Gasteiger partial charge is 0.213 e. The second-order valence-corrected chi connectivity index (χ2v) is 6.86. The molecule has 4 nitrogen and oxygen atoms in total. The van der Waals surface area contributed by atoms with Gasteiger partial charge in [-0.1, -0.05) is 38.1 Å². The third-order valence-electron chi connectivity index (χ3n) is 3.24. The van der Waals surface area contributed by atoms with Crippen molar-refractivity contribution in [1.29, 1.82) is 0 Å². The number of nitrogens with zero attached hydrogens (tertiary/aromatic N) is 1. The number of rotatable bonds is 9. The number of alkyl halides is 1. The summed E-state index contributed by atoms with van der Waals surface area (Å²) in [5, 5.41) is 0. The molecule has 1 N–H and O–H groups in total. The molecule has 0 radical (unpaired) electrons. The highest BCUT2D eigenvalue weighted by atomic mass is 35.5. The zero-order valence-corrected chi connectivity index (χ0v) is 13.7. The number of sulfonamides is 1. The maximum atomic E-state index is 11.6. The molecule has 1 rings (SSSR count). The van der Waals surface area contributed by atoms with Gasteiger partial charge in [-0.15, -0.1) is 11.6 Å². The minimum Gasteiger partial charge on any atom is -0.300 e. The molecule has 0 aliphatic carbocycles. The molecule has 20 heavy (non-hydrogen) atoms. The van der Waals surface area contributed by atoms with Gasteiger partial charge in [0.2, 0.25) is 10.0 Å². The van der Waals surface area contributed by atoms with Gasteiger partial charge in [-0.2, -0.15) is 0 Å². The van der Waals surface area contributed by atoms with Crippen molar-refractivity contribution in [2.75, 3.05) is 24.7 Å². The van der Waals surface area contributed by atoms with Crippen LogP contribution in [0.1, 0.15) is 25.0 Å². The molecule has 1 aromatic rings. The highest BCUT2D eigenvalue weighted by Crippen LogP contribution is 2.12. The fraction of sp³-hybridized carbons (Fsp3) is 0.571. The van der Waals surface area contributed by atoms with E-state index in [1.807, 2.05) is 24.3 Å². The lowest BCUT2D eigenvalue weighted by Crippen LogP contribution is -2.28. The standard InChI is InChI=1S/C14H23ClN2O2S/c1-3-17(4-2)12-14-8-6-5-7-13(14)11-16-20(18,19)10-9-15/h5-8,16H,3-4,9-12H2,1-2H3. The molecule has 114 valence electrons. The Balaban J connectivity index is 2.75. The maximum absolute atomic E-state index is 11.6. The van der Waals surface area contributed by atoms with Crippen molar-refractivity contribution in [3.8, 4) is 0 Å². The van der Waals surface area contributed by atoms with E-state index in [4.69, 9.17) is 11.6 Å². The molecule has 0 fully saturated rings. The van der Waals surface area contributed by atoms with Crippen LogP contribution in [0.25, 0.3) is 0 Å². The monoisotopic (exact) mass is 318 g/mol. The SMILES string of the molecule is CCN(CC)Cc1ccccc1CNS(=O)(=O)CCCl. The van der Waals surface area contributed by atoms with E-state index in [2.05, 4.69) is 23.5 Å². The van der Waals surface area contributed by atoms with Crippen LogP contribution < -0.4 is 4.72 Å². The second-order valence-electron chi connectivity index (χ2n) is 4.56. The van der Waals surface area contributed by atoms with Crippen LogP contribution in [0.4, 0.5) is 0 Å². The first-order valence-electron chi connectivity index (χ1n) is 6.84. The Kier molecular flexibility index (Phi) is 7.51. The molecular formula is C14H23ClN2O2S. The molecule has 0 amide bonds. The molecule has 0 aliphatic heterocycles. The summed E-state index contributed by atoms with van der Waals surface area (Å²) in [4.78, 5) is 2.30. The van der Waals surface area contributed by atoms with Crippen LogP contribution in [0.3, 0.4) is 0 Å². The van der Waals surface area contributed by atoms with Crippen molar-refractivity contribution in [2.24, 2.45) is 0 Å². The van der Waals surface area contributed by atoms with Crippen LogP contribution in [0.2, 0.25) is 0 Å². The predicted octanol–water partition coefficient (Wildman–Crippen LogP) is 2.19. The Morgan fingerprint density at radius 3 is 2.30 bits per heavy atom. The van der Waals surface area contributed by atoms with Gasteiger partial charge >= 0.3 is 0 Å². The molecule has 0 aliphatic rings. The zero-order chi connectivity index (χ0) is 15.0. The number of nitrogens with one attached hydrogen (secondary N) is 1. The van der Waals surface area contributed by atoms with Crippen LogP contribution in [-0.2, 0) is 23.1 Å². The van der Waals surface area contributed by atoms with Crippen molar-refractivity contribution in [3.63, 3.8) is 0 Å². The van der Waals surface area contributed by atoms with Gasteiger partial charge in [0.15, 0.2) is 0 Å². The van der Waals surface area contributed by atoms with Crippen LogP contribution in [0.15, 0.2) is 24.3 Å². The topological polar surface area (TPSA) is 49.4 Å². The summed E-state index contributed by atoms with van der Waals surface area (Å²) in [6.07, 6.45) is 0. The number of benzene rings is 1. The van der Waals surface area contributed by atoms with Crippen molar-refractivity contribution in [1.82, 2.24) is 9.62 Å². The molecular weight excluding hydrogens is 296 g/mol. The van der Waals surface area contributed by atoms with Crippen LogP contribution in [-0.4, -0.2) is 38.0 Å². The summed E-state index contributed by atoms with van der Waals surface area (Å²) in [7, 11) is -3.28. The molecule has 6 heteroatoms. The van der Waals surface area contributed by atoms with Crippen molar-refractivity contribution < 1.29 is 8.42 Å². The van der Waals surface area contributed by atoms with Gasteiger partial charge < -0.3 is 0 Å². The summed E-state index contributed by atoms with van der Waals surface area (Å²) in [6, 6.07) is 7.91. The van der Waals surface area contributed by atoms with Crippen LogP contribution >= 0.6 is 11.6 Å². The Hall–Kier alpha value is -0.620. The second kappa shape index (κ2) is 8.62. The average Bonchev–Trinajstić information content (AvgIpc) is 2.43. The minimum absolute atomic E-state index is 0.0488. The lowest BCUT2D eigenvalue weighted by molar-refractivity contribution is 0.295. The van der Waals surface area contributed by atoms with E-state index in [0.29, 0.717) is 6.54 Å². The van der Waals surface area contributed by atoms with Crippen LogP contribution in [0.5, 0.6) is 0 Å². The molecule has 0 aromatic heterocycles. The third kappa shape index (κ3) is 5.79. The van der Waals surface area contributed by atoms with Crippen molar-refractivity contribution in [3.05, 3.63) is 35.4 Å². The lowest BCUT2D eigenvalue weighted by Gasteiger charge is -2.20. The molecule has 1 aromatic carbocycles. The van der Waals surface area contributed by atoms with Gasteiger partial charge in [-0.3, -0.25) is 4.90 Å². The van der Waals surface area contributed by atoms with E-state index >= 15 is 0 Å². The fourth-order valence-corrected chi connectivity index (χ4v) is 3.27. The Labute approximate surface area is 127 Å². The molecule has 0 bridgehead atoms. The van der Waals surface area contributed by atoms with E-state index in [1.165, 1.54) is 0 Å². The Morgan fingerprint density at radius 1 is 1.15 bits per heavy atom. The summed E-state index contributed by atoms with van der Waals surface area (Å²) in [5.41, 5.74) is 2.17. The van der Waals surface area contributed by atoms with Gasteiger partial charge in [0.1, 0.15) is 0 Å². The van der Waals surface area contributed by atoms with Crippen LogP contribution in [0, 0.1) is 0 Å². The summed E-state index contributed by atoms with van der Waals surface area (Å²) < 4.78 is 25.9. The van der Waals surface area contributed by atoms with Gasteiger partial charge in [-0.05, 0) is 24.2 Å². The first-order valence-corrected chi connectivity index (χ1v) is 9.03. The van der Waals surface area contributed by atoms with E-state index in [1.54, 1.807) is 0 Å². The minimum atomic E-state index is -3.28. The maximum Gasteiger partial charge on any atom is 0.213 e. The molecule has 0 unspecified atom stereocenters. The predicted molar refractivity (Wildman–Crippen MR) is 84.4 cm³/mol. The first-order chi connectivity index (χ1) is 9.52. The largest absolute Gasteiger partial charge is 0.300 e. The molecule has 0 heterocycles. The first kappa shape index (κ1) is 17.4. The molecule has 0 saturated carbocycles. The summed E-state index contributed by atoms with van der Waals surface area (Å²) in [5.74, 6) is 0.0587. The van der Waals surface area contributed by atoms with E-state index in [9.17, 15) is 8.42 Å². The number of hydrogen-bond acceptors (Lipinski definition) is 3. The number of hydrogen-bond donors (Lipinski definition) is 1. The summed E-state index contributed by atoms with van der Waals surface area (Å²) >= 11 is 5.48. The molecule has 0 spiro atoms.